The minimum absolute atomic E-state index is 0.232. The summed E-state index contributed by atoms with van der Waals surface area (Å²) in [6.07, 6.45) is 1.79. The van der Waals surface area contributed by atoms with Crippen molar-refractivity contribution in [2.24, 2.45) is 4.99 Å². The molecule has 2 heterocycles. The molecule has 8 nitrogen and oxygen atoms in total. The summed E-state index contributed by atoms with van der Waals surface area (Å²) >= 11 is 1.24. The zero-order valence-electron chi connectivity index (χ0n) is 19.0. The number of carbonyl (C=O) groups is 2. The predicted octanol–water partition coefficient (Wildman–Crippen LogP) is 2.34. The number of ether oxygens (including phenoxy) is 3. The van der Waals surface area contributed by atoms with E-state index in [1.165, 1.54) is 37.0 Å². The molecule has 1 atom stereocenters. The molecule has 0 unspecified atom stereocenters. The van der Waals surface area contributed by atoms with Crippen LogP contribution in [0.25, 0.3) is 6.08 Å². The van der Waals surface area contributed by atoms with Gasteiger partial charge in [-0.15, -0.1) is 0 Å². The van der Waals surface area contributed by atoms with E-state index in [1.807, 2.05) is 30.3 Å². The number of carbonyl (C=O) groups excluding carboxylic acids is 2. The van der Waals surface area contributed by atoms with Crippen LogP contribution >= 0.6 is 11.3 Å². The summed E-state index contributed by atoms with van der Waals surface area (Å²) in [6, 6.07) is 13.6. The summed E-state index contributed by atoms with van der Waals surface area (Å²) in [5.74, 6) is -0.564. The minimum Gasteiger partial charge on any atom is -0.493 e. The highest BCUT2D eigenvalue weighted by Gasteiger charge is 2.33. The number of nitrogens with zero attached hydrogens (tertiary/aromatic N) is 2. The van der Waals surface area contributed by atoms with Crippen LogP contribution in [-0.2, 0) is 14.3 Å². The lowest BCUT2D eigenvalue weighted by molar-refractivity contribution is -0.136. The first-order chi connectivity index (χ1) is 16.3. The number of thiazole rings is 1. The predicted molar refractivity (Wildman–Crippen MR) is 127 cm³/mol. The van der Waals surface area contributed by atoms with Crippen LogP contribution in [0, 0.1) is 0 Å². The van der Waals surface area contributed by atoms with E-state index >= 15 is 0 Å². The highest BCUT2D eigenvalue weighted by Crippen LogP contribution is 2.36. The van der Waals surface area contributed by atoms with E-state index in [1.54, 1.807) is 31.2 Å². The number of hydrogen-bond acceptors (Lipinski definition) is 8. The molecule has 0 spiro atoms. The van der Waals surface area contributed by atoms with Crippen LogP contribution in [-0.4, -0.2) is 30.7 Å². The van der Waals surface area contributed by atoms with Gasteiger partial charge in [-0.25, -0.2) is 9.79 Å². The number of methoxy groups -OCH3 is 2. The van der Waals surface area contributed by atoms with Crippen LogP contribution in [0.4, 0.5) is 0 Å². The summed E-state index contributed by atoms with van der Waals surface area (Å²) in [7, 11) is 2.73. The van der Waals surface area contributed by atoms with Crippen LogP contribution in [0.2, 0.25) is 0 Å². The lowest BCUT2D eigenvalue weighted by atomic mass is 9.95. The average molecular weight is 479 g/mol. The molecule has 1 aromatic heterocycles. The number of rotatable bonds is 5. The normalized spacial score (nSPS) is 15.4. The van der Waals surface area contributed by atoms with Crippen LogP contribution in [0.3, 0.4) is 0 Å². The molecular weight excluding hydrogens is 456 g/mol. The maximum atomic E-state index is 13.5. The van der Waals surface area contributed by atoms with Gasteiger partial charge in [0, 0.05) is 6.92 Å². The summed E-state index contributed by atoms with van der Waals surface area (Å²) in [6.45, 7) is 3.00. The monoisotopic (exact) mass is 478 g/mol. The number of aromatic nitrogens is 1. The fraction of sp³-hybridized carbons (Fsp3) is 0.200. The van der Waals surface area contributed by atoms with Gasteiger partial charge in [-0.3, -0.25) is 14.2 Å². The summed E-state index contributed by atoms with van der Waals surface area (Å²) in [4.78, 5) is 42.8. The Morgan fingerprint density at radius 3 is 2.47 bits per heavy atom. The first-order valence-corrected chi connectivity index (χ1v) is 11.2. The van der Waals surface area contributed by atoms with Gasteiger partial charge in [-0.1, -0.05) is 47.7 Å². The van der Waals surface area contributed by atoms with Gasteiger partial charge >= 0.3 is 11.9 Å². The zero-order valence-corrected chi connectivity index (χ0v) is 19.8. The van der Waals surface area contributed by atoms with Gasteiger partial charge in [-0.2, -0.15) is 0 Å². The molecular formula is C25H22N2O6S. The third-order valence-corrected chi connectivity index (χ3v) is 6.26. The van der Waals surface area contributed by atoms with Gasteiger partial charge in [0.25, 0.3) is 5.56 Å². The molecule has 0 N–H and O–H groups in total. The Morgan fingerprint density at radius 2 is 1.82 bits per heavy atom. The van der Waals surface area contributed by atoms with Gasteiger partial charge in [0.05, 0.1) is 36.1 Å². The largest absolute Gasteiger partial charge is 0.493 e. The quantitative estimate of drug-likeness (QED) is 0.413. The lowest BCUT2D eigenvalue weighted by Crippen LogP contribution is -2.39. The molecule has 1 aliphatic rings. The van der Waals surface area contributed by atoms with Gasteiger partial charge in [0.1, 0.15) is 0 Å². The maximum Gasteiger partial charge on any atom is 0.338 e. The number of benzene rings is 2. The van der Waals surface area contributed by atoms with Crippen molar-refractivity contribution in [2.75, 3.05) is 14.2 Å². The Hall–Kier alpha value is -3.98. The second kappa shape index (κ2) is 9.48. The van der Waals surface area contributed by atoms with Crippen LogP contribution in [0.1, 0.15) is 31.0 Å². The maximum absolute atomic E-state index is 13.5. The fourth-order valence-electron chi connectivity index (χ4n) is 3.80. The second-order valence-corrected chi connectivity index (χ2v) is 8.50. The first kappa shape index (κ1) is 23.2. The van der Waals surface area contributed by atoms with E-state index in [0.29, 0.717) is 20.6 Å². The molecule has 34 heavy (non-hydrogen) atoms. The Balaban J connectivity index is 1.96. The topological polar surface area (TPSA) is 96.2 Å². The van der Waals surface area contributed by atoms with Crippen LogP contribution < -0.4 is 24.4 Å². The fourth-order valence-corrected chi connectivity index (χ4v) is 4.85. The van der Waals surface area contributed by atoms with Gasteiger partial charge in [0.15, 0.2) is 16.3 Å². The molecule has 0 fully saturated rings. The summed E-state index contributed by atoms with van der Waals surface area (Å²) in [5, 5.41) is 0. The van der Waals surface area contributed by atoms with E-state index in [9.17, 15) is 14.4 Å². The van der Waals surface area contributed by atoms with Crippen molar-refractivity contribution < 1.29 is 23.8 Å². The molecule has 2 aromatic carbocycles. The highest BCUT2D eigenvalue weighted by atomic mass is 32.1. The Labute approximate surface area is 199 Å². The van der Waals surface area contributed by atoms with Crippen molar-refractivity contribution in [2.45, 2.75) is 19.9 Å². The number of esters is 2. The van der Waals surface area contributed by atoms with E-state index in [0.717, 1.165) is 5.56 Å². The second-order valence-electron chi connectivity index (χ2n) is 7.49. The van der Waals surface area contributed by atoms with Crippen molar-refractivity contribution in [3.63, 3.8) is 0 Å². The molecule has 4 rings (SSSR count). The van der Waals surface area contributed by atoms with Crippen LogP contribution in [0.15, 0.2) is 69.6 Å². The van der Waals surface area contributed by atoms with Crippen molar-refractivity contribution in [1.82, 2.24) is 4.57 Å². The van der Waals surface area contributed by atoms with Crippen LogP contribution in [0.5, 0.6) is 11.5 Å². The number of fused-ring (bicyclic) bond motifs is 1. The summed E-state index contributed by atoms with van der Waals surface area (Å²) in [5.41, 5.74) is 1.86. The zero-order chi connectivity index (χ0) is 24.4. The Bertz CT molecular complexity index is 1480. The Morgan fingerprint density at radius 1 is 1.09 bits per heavy atom. The number of hydrogen-bond donors (Lipinski definition) is 0. The van der Waals surface area contributed by atoms with E-state index < -0.39 is 18.0 Å². The molecule has 0 amide bonds. The van der Waals surface area contributed by atoms with Crippen molar-refractivity contribution in [1.29, 1.82) is 0 Å². The molecule has 0 radical (unpaired) electrons. The van der Waals surface area contributed by atoms with E-state index in [-0.39, 0.29) is 22.6 Å². The van der Waals surface area contributed by atoms with Gasteiger partial charge in [0.2, 0.25) is 0 Å². The molecule has 9 heteroatoms. The van der Waals surface area contributed by atoms with Gasteiger partial charge < -0.3 is 14.2 Å². The van der Waals surface area contributed by atoms with E-state index in [4.69, 9.17) is 14.2 Å². The van der Waals surface area contributed by atoms with Gasteiger partial charge in [-0.05, 0) is 36.3 Å². The first-order valence-electron chi connectivity index (χ1n) is 10.4. The molecule has 0 saturated heterocycles. The van der Waals surface area contributed by atoms with E-state index in [2.05, 4.69) is 4.99 Å². The Kier molecular flexibility index (Phi) is 6.47. The molecule has 0 bridgehead atoms. The summed E-state index contributed by atoms with van der Waals surface area (Å²) < 4.78 is 17.6. The molecule has 1 aliphatic heterocycles. The number of allylic oxidation sites excluding steroid dienone is 1. The van der Waals surface area contributed by atoms with Crippen molar-refractivity contribution >= 4 is 29.4 Å². The smallest absolute Gasteiger partial charge is 0.338 e. The third kappa shape index (κ3) is 4.29. The molecule has 174 valence electrons. The lowest BCUT2D eigenvalue weighted by Gasteiger charge is -2.25. The minimum atomic E-state index is -0.804. The SMILES string of the molecule is COC(=O)C1=C(C)N=c2s/c(=C\c3ccccc3)c(=O)n2[C@@H]1c1ccc(OC(C)=O)c(OC)c1. The molecule has 0 saturated carbocycles. The standard InChI is InChI=1S/C25H22N2O6S/c1-14-21(24(30)32-4)22(17-10-11-18(33-15(2)28)19(13-17)31-3)27-23(29)20(34-25(27)26-14)12-16-8-6-5-7-9-16/h5-13,22H,1-4H3/b20-12-/t22-/m1/s1. The average Bonchev–Trinajstić information content (AvgIpc) is 3.12. The highest BCUT2D eigenvalue weighted by molar-refractivity contribution is 7.07. The van der Waals surface area contributed by atoms with Crippen molar-refractivity contribution in [3.05, 3.63) is 90.6 Å². The van der Waals surface area contributed by atoms with Crippen molar-refractivity contribution in [3.8, 4) is 11.5 Å². The molecule has 0 aliphatic carbocycles. The molecule has 3 aromatic rings. The third-order valence-electron chi connectivity index (χ3n) is 5.28.